The number of aromatic hydroxyl groups is 1. The normalized spacial score (nSPS) is 15.1. The Morgan fingerprint density at radius 1 is 1.00 bits per heavy atom. The van der Waals surface area contributed by atoms with Gasteiger partial charge in [-0.25, -0.2) is 0 Å². The number of hydrogen-bond donors (Lipinski definition) is 3. The molecule has 4 N–H and O–H groups in total. The standard InChI is InChI=1S/C22H26N3O3/c23-15-17-4-8-18(9-5-17)21(27)24-20(14-16-6-10-19(26)11-7-16)22(28)25-12-2-1-3-13-25/h1,4-11,20,26H,2-3,12-15,23H2,(H,24,27)/t20-/m0/s1. The van der Waals surface area contributed by atoms with E-state index in [4.69, 9.17) is 5.73 Å². The molecule has 1 radical (unpaired) electrons. The van der Waals surface area contributed by atoms with Crippen LogP contribution < -0.4 is 11.1 Å². The van der Waals surface area contributed by atoms with Crippen LogP contribution in [0.3, 0.4) is 0 Å². The van der Waals surface area contributed by atoms with Crippen molar-refractivity contribution in [3.63, 3.8) is 0 Å². The van der Waals surface area contributed by atoms with Crippen molar-refractivity contribution >= 4 is 11.8 Å². The average molecular weight is 380 g/mol. The molecule has 1 aliphatic rings. The number of hydrogen-bond acceptors (Lipinski definition) is 4. The number of phenolic OH excluding ortho intramolecular Hbond substituents is 1. The van der Waals surface area contributed by atoms with Crippen LogP contribution in [0, 0.1) is 6.42 Å². The Morgan fingerprint density at radius 2 is 1.61 bits per heavy atom. The number of nitrogens with one attached hydrogen (secondary N) is 1. The van der Waals surface area contributed by atoms with Gasteiger partial charge >= 0.3 is 0 Å². The average Bonchev–Trinajstić information content (AvgIpc) is 2.75. The number of amides is 2. The van der Waals surface area contributed by atoms with Crippen LogP contribution in [0.5, 0.6) is 5.75 Å². The highest BCUT2D eigenvalue weighted by molar-refractivity contribution is 5.97. The van der Waals surface area contributed by atoms with Crippen LogP contribution in [0.4, 0.5) is 0 Å². The van der Waals surface area contributed by atoms with Crippen LogP contribution in [0.1, 0.15) is 34.3 Å². The predicted octanol–water partition coefficient (Wildman–Crippen LogP) is 2.02. The van der Waals surface area contributed by atoms with E-state index < -0.39 is 6.04 Å². The Kier molecular flexibility index (Phi) is 6.66. The maximum absolute atomic E-state index is 13.1. The molecule has 2 aromatic carbocycles. The fourth-order valence-electron chi connectivity index (χ4n) is 3.29. The third kappa shape index (κ3) is 5.10. The van der Waals surface area contributed by atoms with E-state index in [-0.39, 0.29) is 17.6 Å². The zero-order valence-electron chi connectivity index (χ0n) is 15.8. The Hall–Kier alpha value is -2.86. The summed E-state index contributed by atoms with van der Waals surface area (Å²) in [5.74, 6) is -0.195. The van der Waals surface area contributed by atoms with E-state index in [0.29, 0.717) is 31.6 Å². The molecule has 1 fully saturated rings. The molecule has 0 unspecified atom stereocenters. The van der Waals surface area contributed by atoms with Crippen molar-refractivity contribution in [2.75, 3.05) is 13.1 Å². The highest BCUT2D eigenvalue weighted by atomic mass is 16.3. The number of carbonyl (C=O) groups excluding carboxylic acids is 2. The SMILES string of the molecule is NCc1ccc(C(=O)N[C@@H](Cc2ccc(O)cc2)C(=O)N2CC[CH]CC2)cc1. The molecule has 1 aliphatic heterocycles. The molecule has 147 valence electrons. The van der Waals surface area contributed by atoms with Crippen LogP contribution in [0.15, 0.2) is 48.5 Å². The van der Waals surface area contributed by atoms with Crippen LogP contribution in [-0.2, 0) is 17.8 Å². The van der Waals surface area contributed by atoms with Crippen LogP contribution >= 0.6 is 0 Å². The second-order valence-electron chi connectivity index (χ2n) is 6.99. The number of phenols is 1. The first-order valence-corrected chi connectivity index (χ1v) is 9.55. The Labute approximate surface area is 165 Å². The molecule has 6 nitrogen and oxygen atoms in total. The third-order valence-corrected chi connectivity index (χ3v) is 4.95. The molecule has 3 rings (SSSR count). The van der Waals surface area contributed by atoms with E-state index in [1.807, 2.05) is 17.0 Å². The lowest BCUT2D eigenvalue weighted by Gasteiger charge is -2.30. The molecular weight excluding hydrogens is 354 g/mol. The quantitative estimate of drug-likeness (QED) is 0.714. The van der Waals surface area contributed by atoms with Gasteiger partial charge < -0.3 is 21.1 Å². The van der Waals surface area contributed by atoms with Gasteiger partial charge in [0, 0.05) is 31.6 Å². The van der Waals surface area contributed by atoms with E-state index in [0.717, 1.165) is 24.0 Å². The van der Waals surface area contributed by atoms with E-state index in [1.165, 1.54) is 0 Å². The van der Waals surface area contributed by atoms with E-state index in [2.05, 4.69) is 11.7 Å². The van der Waals surface area contributed by atoms with Gasteiger partial charge in [0.25, 0.3) is 5.91 Å². The summed E-state index contributed by atoms with van der Waals surface area (Å²) in [6.45, 7) is 1.76. The van der Waals surface area contributed by atoms with Crippen LogP contribution in [0.2, 0.25) is 0 Å². The van der Waals surface area contributed by atoms with Crippen molar-refractivity contribution in [2.45, 2.75) is 31.8 Å². The highest BCUT2D eigenvalue weighted by Gasteiger charge is 2.27. The molecule has 0 saturated carbocycles. The molecule has 1 heterocycles. The topological polar surface area (TPSA) is 95.7 Å². The Bertz CT molecular complexity index is 797. The van der Waals surface area contributed by atoms with Gasteiger partial charge in [0.15, 0.2) is 0 Å². The minimum Gasteiger partial charge on any atom is -0.508 e. The van der Waals surface area contributed by atoms with E-state index in [9.17, 15) is 14.7 Å². The summed E-state index contributed by atoms with van der Waals surface area (Å²) in [6, 6.07) is 13.1. The second kappa shape index (κ2) is 9.37. The minimum absolute atomic E-state index is 0.0758. The molecule has 1 saturated heterocycles. The summed E-state index contributed by atoms with van der Waals surface area (Å²) in [4.78, 5) is 27.6. The number of nitrogens with two attached hydrogens (primary N) is 1. The summed E-state index contributed by atoms with van der Waals surface area (Å²) >= 11 is 0. The van der Waals surface area contributed by atoms with Crippen molar-refractivity contribution in [2.24, 2.45) is 5.73 Å². The maximum atomic E-state index is 13.1. The molecule has 2 aromatic rings. The number of likely N-dealkylation sites (tertiary alicyclic amines) is 1. The van der Waals surface area contributed by atoms with Crippen molar-refractivity contribution in [1.82, 2.24) is 10.2 Å². The van der Waals surface area contributed by atoms with Crippen LogP contribution in [-0.4, -0.2) is 41.0 Å². The zero-order valence-corrected chi connectivity index (χ0v) is 15.8. The van der Waals surface area contributed by atoms with Gasteiger partial charge in [-0.15, -0.1) is 0 Å². The molecule has 0 spiro atoms. The molecule has 28 heavy (non-hydrogen) atoms. The fourth-order valence-corrected chi connectivity index (χ4v) is 3.29. The summed E-state index contributed by atoms with van der Waals surface area (Å²) in [7, 11) is 0. The Balaban J connectivity index is 1.76. The number of rotatable bonds is 6. The lowest BCUT2D eigenvalue weighted by molar-refractivity contribution is -0.133. The van der Waals surface area contributed by atoms with Gasteiger partial charge in [0.05, 0.1) is 0 Å². The highest BCUT2D eigenvalue weighted by Crippen LogP contribution is 2.15. The van der Waals surface area contributed by atoms with Crippen molar-refractivity contribution in [3.05, 3.63) is 71.6 Å². The molecule has 0 bridgehead atoms. The summed E-state index contributed by atoms with van der Waals surface area (Å²) in [5, 5.41) is 12.4. The number of piperidine rings is 1. The van der Waals surface area contributed by atoms with Gasteiger partial charge in [-0.05, 0) is 54.7 Å². The van der Waals surface area contributed by atoms with Gasteiger partial charge in [-0.2, -0.15) is 0 Å². The predicted molar refractivity (Wildman–Crippen MR) is 108 cm³/mol. The van der Waals surface area contributed by atoms with E-state index >= 15 is 0 Å². The monoisotopic (exact) mass is 380 g/mol. The largest absolute Gasteiger partial charge is 0.508 e. The second-order valence-corrected chi connectivity index (χ2v) is 6.99. The van der Waals surface area contributed by atoms with Crippen molar-refractivity contribution in [1.29, 1.82) is 0 Å². The number of carbonyl (C=O) groups is 2. The van der Waals surface area contributed by atoms with Crippen molar-refractivity contribution < 1.29 is 14.7 Å². The lowest BCUT2D eigenvalue weighted by atomic mass is 10.0. The number of benzene rings is 2. The van der Waals surface area contributed by atoms with E-state index in [1.54, 1.807) is 36.4 Å². The van der Waals surface area contributed by atoms with Gasteiger partial charge in [-0.3, -0.25) is 9.59 Å². The van der Waals surface area contributed by atoms with Gasteiger partial charge in [0.2, 0.25) is 5.91 Å². The zero-order chi connectivity index (χ0) is 19.9. The first kappa shape index (κ1) is 19.9. The minimum atomic E-state index is -0.663. The Morgan fingerprint density at radius 3 is 2.21 bits per heavy atom. The van der Waals surface area contributed by atoms with Gasteiger partial charge in [0.1, 0.15) is 11.8 Å². The fraction of sp³-hybridized carbons (Fsp3) is 0.318. The summed E-state index contributed by atoms with van der Waals surface area (Å²) in [6.07, 6.45) is 4.28. The first-order chi connectivity index (χ1) is 13.6. The van der Waals surface area contributed by atoms with Crippen LogP contribution in [0.25, 0.3) is 0 Å². The molecule has 0 aliphatic carbocycles. The summed E-state index contributed by atoms with van der Waals surface area (Å²) < 4.78 is 0. The molecular formula is C22H26N3O3. The molecule has 6 heteroatoms. The lowest BCUT2D eigenvalue weighted by Crippen LogP contribution is -2.51. The number of nitrogens with zero attached hydrogens (tertiary/aromatic N) is 1. The summed E-state index contributed by atoms with van der Waals surface area (Å²) in [5.41, 5.74) is 7.91. The molecule has 1 atom stereocenters. The van der Waals surface area contributed by atoms with Gasteiger partial charge in [-0.1, -0.05) is 24.3 Å². The van der Waals surface area contributed by atoms with Crippen molar-refractivity contribution in [3.8, 4) is 5.75 Å². The molecule has 2 amide bonds. The molecule has 0 aromatic heterocycles. The smallest absolute Gasteiger partial charge is 0.251 e. The maximum Gasteiger partial charge on any atom is 0.251 e. The first-order valence-electron chi connectivity index (χ1n) is 9.55. The third-order valence-electron chi connectivity index (χ3n) is 4.95.